The molecule has 1 aromatic rings. The minimum absolute atomic E-state index is 0.273. The summed E-state index contributed by atoms with van der Waals surface area (Å²) in [6, 6.07) is 5.03. The van der Waals surface area contributed by atoms with Crippen molar-refractivity contribution in [3.8, 4) is 0 Å². The van der Waals surface area contributed by atoms with Gasteiger partial charge in [-0.25, -0.2) is 9.80 Å². The number of urea groups is 1. The lowest BCUT2D eigenvalue weighted by Crippen LogP contribution is -2.39. The van der Waals surface area contributed by atoms with Crippen LogP contribution >= 0.6 is 11.6 Å². The molecule has 4 nitrogen and oxygen atoms in total. The van der Waals surface area contributed by atoms with Crippen LogP contribution in [0.25, 0.3) is 0 Å². The quantitative estimate of drug-likeness (QED) is 0.762. The molecular weight excluding hydrogens is 214 g/mol. The fourth-order valence-corrected chi connectivity index (χ4v) is 1.35. The van der Waals surface area contributed by atoms with Crippen LogP contribution in [0.2, 0.25) is 5.02 Å². The van der Waals surface area contributed by atoms with E-state index in [2.05, 4.69) is 10.7 Å². The topological polar surface area (TPSA) is 44.4 Å². The van der Waals surface area contributed by atoms with Crippen molar-refractivity contribution in [3.05, 3.63) is 28.8 Å². The fourth-order valence-electron chi connectivity index (χ4n) is 1.12. The number of halogens is 1. The number of nitrogens with one attached hydrogen (secondary N) is 2. The first-order valence-electron chi connectivity index (χ1n) is 4.50. The number of hydrogen-bond donors (Lipinski definition) is 2. The minimum atomic E-state index is -0.273. The van der Waals surface area contributed by atoms with Gasteiger partial charge >= 0.3 is 6.03 Å². The maximum Gasteiger partial charge on any atom is 0.333 e. The highest BCUT2D eigenvalue weighted by Crippen LogP contribution is 2.19. The van der Waals surface area contributed by atoms with E-state index in [9.17, 15) is 4.79 Å². The van der Waals surface area contributed by atoms with Gasteiger partial charge < -0.3 is 5.32 Å². The summed E-state index contributed by atoms with van der Waals surface area (Å²) in [6.07, 6.45) is 0. The molecule has 0 radical (unpaired) electrons. The summed E-state index contributed by atoms with van der Waals surface area (Å²) >= 11 is 5.80. The first kappa shape index (κ1) is 11.8. The maximum absolute atomic E-state index is 11.4. The van der Waals surface area contributed by atoms with Crippen LogP contribution in [0.3, 0.4) is 0 Å². The number of carbonyl (C=O) groups is 1. The smallest absolute Gasteiger partial charge is 0.307 e. The second-order valence-electron chi connectivity index (χ2n) is 3.42. The highest BCUT2D eigenvalue weighted by molar-refractivity contribution is 6.30. The Bertz CT molecular complexity index is 366. The van der Waals surface area contributed by atoms with Crippen molar-refractivity contribution in [2.45, 2.75) is 6.92 Å². The van der Waals surface area contributed by atoms with Gasteiger partial charge in [0.1, 0.15) is 0 Å². The minimum Gasteiger partial charge on any atom is -0.307 e. The molecule has 0 unspecified atom stereocenters. The van der Waals surface area contributed by atoms with Crippen molar-refractivity contribution in [1.82, 2.24) is 10.4 Å². The van der Waals surface area contributed by atoms with Crippen LogP contribution in [0.1, 0.15) is 5.56 Å². The molecule has 0 atom stereocenters. The third kappa shape index (κ3) is 3.77. The molecule has 0 bridgehead atoms. The summed E-state index contributed by atoms with van der Waals surface area (Å²) in [5.74, 6) is 0. The van der Waals surface area contributed by atoms with Gasteiger partial charge in [0, 0.05) is 24.8 Å². The molecule has 0 heterocycles. The van der Waals surface area contributed by atoms with E-state index in [1.54, 1.807) is 37.3 Å². The number of benzene rings is 1. The Morgan fingerprint density at radius 2 is 2.07 bits per heavy atom. The molecule has 0 saturated carbocycles. The Morgan fingerprint density at radius 3 is 2.60 bits per heavy atom. The van der Waals surface area contributed by atoms with Crippen LogP contribution in [0, 0.1) is 6.92 Å². The van der Waals surface area contributed by atoms with Crippen LogP contribution < -0.4 is 10.7 Å². The molecule has 0 fully saturated rings. The molecule has 15 heavy (non-hydrogen) atoms. The fraction of sp³-hybridized carbons (Fsp3) is 0.300. The van der Waals surface area contributed by atoms with Crippen molar-refractivity contribution >= 4 is 23.3 Å². The van der Waals surface area contributed by atoms with Crippen molar-refractivity contribution in [2.75, 3.05) is 19.4 Å². The molecular formula is C10H14ClN3O. The lowest BCUT2D eigenvalue weighted by atomic mass is 10.2. The van der Waals surface area contributed by atoms with E-state index in [-0.39, 0.29) is 6.03 Å². The highest BCUT2D eigenvalue weighted by atomic mass is 35.5. The Kier molecular flexibility index (Phi) is 3.94. The van der Waals surface area contributed by atoms with Crippen molar-refractivity contribution in [3.63, 3.8) is 0 Å². The number of carbonyl (C=O) groups excluding carboxylic acids is 1. The second kappa shape index (κ2) is 5.00. The lowest BCUT2D eigenvalue weighted by molar-refractivity contribution is 0.224. The number of aryl methyl sites for hydroxylation is 1. The number of hydrazine groups is 1. The summed E-state index contributed by atoms with van der Waals surface area (Å²) in [5.41, 5.74) is 4.26. The van der Waals surface area contributed by atoms with Crippen molar-refractivity contribution in [2.24, 2.45) is 0 Å². The van der Waals surface area contributed by atoms with Gasteiger partial charge in [0.05, 0.1) is 0 Å². The molecule has 82 valence electrons. The van der Waals surface area contributed by atoms with E-state index in [0.29, 0.717) is 5.02 Å². The molecule has 1 aromatic carbocycles. The largest absolute Gasteiger partial charge is 0.333 e. The Balaban J connectivity index is 2.68. The molecule has 5 heteroatoms. The Labute approximate surface area is 94.2 Å². The van der Waals surface area contributed by atoms with Gasteiger partial charge in [0.25, 0.3) is 0 Å². The predicted molar refractivity (Wildman–Crippen MR) is 62.0 cm³/mol. The van der Waals surface area contributed by atoms with Crippen molar-refractivity contribution < 1.29 is 4.79 Å². The maximum atomic E-state index is 11.4. The lowest BCUT2D eigenvalue weighted by Gasteiger charge is -2.14. The third-order valence-corrected chi connectivity index (χ3v) is 2.00. The van der Waals surface area contributed by atoms with E-state index < -0.39 is 0 Å². The zero-order valence-electron chi connectivity index (χ0n) is 8.97. The molecule has 0 spiro atoms. The number of anilines is 1. The van der Waals surface area contributed by atoms with E-state index >= 15 is 0 Å². The molecule has 0 aliphatic heterocycles. The summed E-state index contributed by atoms with van der Waals surface area (Å²) in [4.78, 5) is 11.4. The predicted octanol–water partition coefficient (Wildman–Crippen LogP) is 2.25. The van der Waals surface area contributed by atoms with Gasteiger partial charge in [-0.15, -0.1) is 0 Å². The average molecular weight is 228 g/mol. The SMILES string of the molecule is Cc1cc(Cl)ccc1NC(=O)NN(C)C. The standard InChI is InChI=1S/C10H14ClN3O/c1-7-6-8(11)4-5-9(7)12-10(15)13-14(2)3/h4-6H,1-3H3,(H2,12,13,15). The summed E-state index contributed by atoms with van der Waals surface area (Å²) in [7, 11) is 3.49. The van der Waals surface area contributed by atoms with Gasteiger partial charge in [0.15, 0.2) is 0 Å². The molecule has 0 saturated heterocycles. The molecule has 1 rings (SSSR count). The second-order valence-corrected chi connectivity index (χ2v) is 3.86. The highest BCUT2D eigenvalue weighted by Gasteiger charge is 2.04. The number of amides is 2. The van der Waals surface area contributed by atoms with E-state index in [1.165, 1.54) is 0 Å². The molecule has 0 aliphatic carbocycles. The van der Waals surface area contributed by atoms with Crippen LogP contribution in [0.15, 0.2) is 18.2 Å². The average Bonchev–Trinajstić information content (AvgIpc) is 2.08. The Hall–Kier alpha value is -1.26. The van der Waals surface area contributed by atoms with Gasteiger partial charge in [-0.1, -0.05) is 11.6 Å². The monoisotopic (exact) mass is 227 g/mol. The summed E-state index contributed by atoms with van der Waals surface area (Å²) in [5, 5.41) is 4.95. The van der Waals surface area contributed by atoms with Crippen LogP contribution in [0.5, 0.6) is 0 Å². The van der Waals surface area contributed by atoms with Gasteiger partial charge in [-0.3, -0.25) is 5.43 Å². The van der Waals surface area contributed by atoms with E-state index in [4.69, 9.17) is 11.6 Å². The number of rotatable bonds is 2. The first-order chi connectivity index (χ1) is 6.99. The van der Waals surface area contributed by atoms with Crippen LogP contribution in [0.4, 0.5) is 10.5 Å². The van der Waals surface area contributed by atoms with Gasteiger partial charge in [0.2, 0.25) is 0 Å². The van der Waals surface area contributed by atoms with Crippen LogP contribution in [-0.2, 0) is 0 Å². The third-order valence-electron chi connectivity index (χ3n) is 1.76. The molecule has 0 aliphatic rings. The summed E-state index contributed by atoms with van der Waals surface area (Å²) < 4.78 is 0. The zero-order valence-corrected chi connectivity index (χ0v) is 9.72. The van der Waals surface area contributed by atoms with E-state index in [1.807, 2.05) is 6.92 Å². The number of nitrogens with zero attached hydrogens (tertiary/aromatic N) is 1. The van der Waals surface area contributed by atoms with Gasteiger partial charge in [-0.2, -0.15) is 0 Å². The zero-order chi connectivity index (χ0) is 11.4. The molecule has 2 amide bonds. The summed E-state index contributed by atoms with van der Waals surface area (Å²) in [6.45, 7) is 1.89. The van der Waals surface area contributed by atoms with Crippen LogP contribution in [-0.4, -0.2) is 25.1 Å². The number of hydrogen-bond acceptors (Lipinski definition) is 2. The Morgan fingerprint density at radius 1 is 1.40 bits per heavy atom. The van der Waals surface area contributed by atoms with E-state index in [0.717, 1.165) is 11.3 Å². The molecule has 2 N–H and O–H groups in total. The first-order valence-corrected chi connectivity index (χ1v) is 4.88. The van der Waals surface area contributed by atoms with Gasteiger partial charge in [-0.05, 0) is 30.7 Å². The van der Waals surface area contributed by atoms with Crippen molar-refractivity contribution in [1.29, 1.82) is 0 Å². The molecule has 0 aromatic heterocycles. The normalized spacial score (nSPS) is 10.2.